The molecule has 0 N–H and O–H groups in total. The molecule has 3 amide bonds. The Morgan fingerprint density at radius 1 is 1.24 bits per heavy atom. The lowest BCUT2D eigenvalue weighted by Gasteiger charge is -2.27. The highest BCUT2D eigenvalue weighted by Crippen LogP contribution is 2.34. The lowest BCUT2D eigenvalue weighted by Crippen LogP contribution is -2.42. The number of thioether (sulfide) groups is 1. The molecule has 0 bridgehead atoms. The molecule has 0 radical (unpaired) electrons. The van der Waals surface area contributed by atoms with Gasteiger partial charge in [0, 0.05) is 35.8 Å². The van der Waals surface area contributed by atoms with Crippen molar-refractivity contribution in [3.63, 3.8) is 0 Å². The molecule has 2 fully saturated rings. The quantitative estimate of drug-likeness (QED) is 0.572. The number of morpholine rings is 1. The van der Waals surface area contributed by atoms with Crippen LogP contribution in [0.3, 0.4) is 0 Å². The largest absolute Gasteiger partial charge is 0.378 e. The first-order valence-corrected chi connectivity index (χ1v) is 10.0. The summed E-state index contributed by atoms with van der Waals surface area (Å²) in [6.07, 6.45) is 8.78. The van der Waals surface area contributed by atoms with Crippen molar-refractivity contribution in [1.82, 2.24) is 14.4 Å². The predicted octanol–water partition coefficient (Wildman–Crippen LogP) is 2.17. The van der Waals surface area contributed by atoms with E-state index in [1.54, 1.807) is 11.0 Å². The number of fused-ring (bicyclic) bond motifs is 1. The molecule has 2 aliphatic rings. The number of terminal acetylenes is 1. The summed E-state index contributed by atoms with van der Waals surface area (Å²) in [6, 6.07) is 7.67. The van der Waals surface area contributed by atoms with Crippen LogP contribution in [0.4, 0.5) is 4.79 Å². The molecule has 8 heteroatoms. The van der Waals surface area contributed by atoms with Crippen LogP contribution in [0.1, 0.15) is 5.56 Å². The van der Waals surface area contributed by atoms with E-state index in [2.05, 4.69) is 5.92 Å². The van der Waals surface area contributed by atoms with E-state index in [0.717, 1.165) is 33.1 Å². The summed E-state index contributed by atoms with van der Waals surface area (Å²) < 4.78 is 7.19. The van der Waals surface area contributed by atoms with Crippen molar-refractivity contribution in [3.05, 3.63) is 40.9 Å². The number of hydrogen-bond acceptors (Lipinski definition) is 5. The summed E-state index contributed by atoms with van der Waals surface area (Å²) in [5, 5.41) is 0.538. The van der Waals surface area contributed by atoms with Crippen LogP contribution in [0.25, 0.3) is 17.0 Å². The van der Waals surface area contributed by atoms with Crippen molar-refractivity contribution in [1.29, 1.82) is 0 Å². The van der Waals surface area contributed by atoms with E-state index in [-0.39, 0.29) is 30.1 Å². The van der Waals surface area contributed by atoms with Crippen LogP contribution in [0, 0.1) is 12.3 Å². The maximum absolute atomic E-state index is 12.7. The molecular weight excluding hydrogens is 390 g/mol. The Morgan fingerprint density at radius 3 is 2.76 bits per heavy atom. The Bertz CT molecular complexity index is 1060. The van der Waals surface area contributed by atoms with E-state index in [4.69, 9.17) is 11.2 Å². The average molecular weight is 409 g/mol. The number of hydrogen-bond donors (Lipinski definition) is 0. The van der Waals surface area contributed by atoms with Crippen LogP contribution < -0.4 is 0 Å². The summed E-state index contributed by atoms with van der Waals surface area (Å²) in [7, 11) is 0. The number of para-hydroxylation sites is 1. The first-order valence-electron chi connectivity index (χ1n) is 9.20. The number of amides is 3. The number of aromatic nitrogens is 1. The summed E-state index contributed by atoms with van der Waals surface area (Å²) in [4.78, 5) is 40.4. The standard InChI is InChI=1S/C21H19N3O4S/c1-2-7-24-20(26)18(29-21(24)27)12-15-13-23(17-6-4-3-5-16(15)17)14-19(25)22-8-10-28-11-9-22/h1,3-6,12-13H,7-11,14H2. The molecule has 29 heavy (non-hydrogen) atoms. The molecule has 0 spiro atoms. The number of rotatable bonds is 4. The molecular formula is C21H19N3O4S. The van der Waals surface area contributed by atoms with Gasteiger partial charge >= 0.3 is 0 Å². The first kappa shape index (κ1) is 19.3. The van der Waals surface area contributed by atoms with E-state index >= 15 is 0 Å². The molecule has 1 aromatic carbocycles. The zero-order valence-corrected chi connectivity index (χ0v) is 16.5. The third kappa shape index (κ3) is 3.79. The molecule has 2 saturated heterocycles. The van der Waals surface area contributed by atoms with Gasteiger partial charge in [-0.2, -0.15) is 0 Å². The fourth-order valence-corrected chi connectivity index (χ4v) is 4.28. The number of ether oxygens (including phenoxy) is 1. The zero-order chi connectivity index (χ0) is 20.4. The second-order valence-electron chi connectivity index (χ2n) is 6.69. The van der Waals surface area contributed by atoms with Crippen LogP contribution in [-0.4, -0.2) is 64.3 Å². The lowest BCUT2D eigenvalue weighted by molar-refractivity contribution is -0.135. The summed E-state index contributed by atoms with van der Waals surface area (Å²) >= 11 is 0.876. The maximum Gasteiger partial charge on any atom is 0.294 e. The van der Waals surface area contributed by atoms with Gasteiger partial charge in [-0.3, -0.25) is 19.3 Å². The monoisotopic (exact) mass is 409 g/mol. The van der Waals surface area contributed by atoms with Crippen molar-refractivity contribution in [2.24, 2.45) is 0 Å². The van der Waals surface area contributed by atoms with Gasteiger partial charge in [0.25, 0.3) is 11.1 Å². The topological polar surface area (TPSA) is 71.8 Å². The zero-order valence-electron chi connectivity index (χ0n) is 15.7. The third-order valence-corrected chi connectivity index (χ3v) is 5.81. The third-order valence-electron chi connectivity index (χ3n) is 4.90. The molecule has 0 unspecified atom stereocenters. The van der Waals surface area contributed by atoms with Gasteiger partial charge < -0.3 is 14.2 Å². The average Bonchev–Trinajstić information content (AvgIpc) is 3.21. The summed E-state index contributed by atoms with van der Waals surface area (Å²) in [5.41, 5.74) is 1.67. The van der Waals surface area contributed by atoms with E-state index < -0.39 is 0 Å². The minimum Gasteiger partial charge on any atom is -0.378 e. The number of imide groups is 1. The number of benzene rings is 1. The molecule has 0 atom stereocenters. The van der Waals surface area contributed by atoms with Gasteiger partial charge in [-0.1, -0.05) is 24.1 Å². The van der Waals surface area contributed by atoms with Crippen LogP contribution in [0.2, 0.25) is 0 Å². The van der Waals surface area contributed by atoms with Crippen LogP contribution >= 0.6 is 11.8 Å². The summed E-state index contributed by atoms with van der Waals surface area (Å²) in [5.74, 6) is 1.96. The van der Waals surface area contributed by atoms with Crippen molar-refractivity contribution < 1.29 is 19.1 Å². The Morgan fingerprint density at radius 2 is 2.00 bits per heavy atom. The van der Waals surface area contributed by atoms with Crippen molar-refractivity contribution in [2.75, 3.05) is 32.8 Å². The van der Waals surface area contributed by atoms with Gasteiger partial charge in [0.15, 0.2) is 0 Å². The number of carbonyl (C=O) groups is 3. The van der Waals surface area contributed by atoms with Gasteiger partial charge in [-0.15, -0.1) is 6.42 Å². The van der Waals surface area contributed by atoms with E-state index in [1.807, 2.05) is 35.0 Å². The number of nitrogens with zero attached hydrogens (tertiary/aromatic N) is 3. The molecule has 2 aliphatic heterocycles. The molecule has 1 aromatic heterocycles. The van der Waals surface area contributed by atoms with Gasteiger partial charge in [0.05, 0.1) is 24.7 Å². The molecule has 2 aromatic rings. The van der Waals surface area contributed by atoms with Gasteiger partial charge in [-0.25, -0.2) is 0 Å². The molecule has 148 valence electrons. The van der Waals surface area contributed by atoms with Crippen molar-refractivity contribution in [3.8, 4) is 12.3 Å². The van der Waals surface area contributed by atoms with Crippen LogP contribution in [-0.2, 0) is 20.9 Å². The predicted molar refractivity (Wildman–Crippen MR) is 111 cm³/mol. The Labute approximate surface area is 172 Å². The highest BCUT2D eigenvalue weighted by Gasteiger charge is 2.34. The smallest absolute Gasteiger partial charge is 0.294 e. The van der Waals surface area contributed by atoms with Crippen molar-refractivity contribution in [2.45, 2.75) is 6.54 Å². The minimum absolute atomic E-state index is 0.0231. The second-order valence-corrected chi connectivity index (χ2v) is 7.69. The van der Waals surface area contributed by atoms with Gasteiger partial charge in [0.1, 0.15) is 6.54 Å². The molecule has 0 aliphatic carbocycles. The second kappa shape index (κ2) is 8.15. The van der Waals surface area contributed by atoms with E-state index in [9.17, 15) is 14.4 Å². The Hall–Kier alpha value is -3.02. The van der Waals surface area contributed by atoms with Crippen LogP contribution in [0.5, 0.6) is 0 Å². The molecule has 0 saturated carbocycles. The number of carbonyl (C=O) groups excluding carboxylic acids is 3. The fourth-order valence-electron chi connectivity index (χ4n) is 3.45. The highest BCUT2D eigenvalue weighted by molar-refractivity contribution is 8.18. The SMILES string of the molecule is C#CCN1C(=O)SC(=Cc2cn(CC(=O)N3CCOCC3)c3ccccc23)C1=O. The van der Waals surface area contributed by atoms with Crippen molar-refractivity contribution >= 4 is 45.8 Å². The minimum atomic E-state index is -0.390. The molecule has 4 rings (SSSR count). The van der Waals surface area contributed by atoms with E-state index in [0.29, 0.717) is 31.2 Å². The fraction of sp³-hybridized carbons (Fsp3) is 0.286. The Kier molecular flexibility index (Phi) is 5.43. The first-order chi connectivity index (χ1) is 14.1. The Balaban J connectivity index is 1.64. The van der Waals surface area contributed by atoms with Gasteiger partial charge in [-0.05, 0) is 23.9 Å². The summed E-state index contributed by atoms with van der Waals surface area (Å²) in [6.45, 7) is 2.44. The van der Waals surface area contributed by atoms with Gasteiger partial charge in [0.2, 0.25) is 5.91 Å². The molecule has 3 heterocycles. The normalized spacial score (nSPS) is 18.7. The van der Waals surface area contributed by atoms with E-state index in [1.165, 1.54) is 0 Å². The maximum atomic E-state index is 12.7. The lowest BCUT2D eigenvalue weighted by atomic mass is 10.1. The van der Waals surface area contributed by atoms with Crippen LogP contribution in [0.15, 0.2) is 35.4 Å². The highest BCUT2D eigenvalue weighted by atomic mass is 32.2. The molecule has 7 nitrogen and oxygen atoms in total.